The van der Waals surface area contributed by atoms with E-state index in [0.717, 1.165) is 0 Å². The first-order valence-corrected chi connectivity index (χ1v) is 8.54. The molecule has 0 aliphatic heterocycles. The van der Waals surface area contributed by atoms with Gasteiger partial charge in [0.15, 0.2) is 0 Å². The van der Waals surface area contributed by atoms with Crippen LogP contribution in [-0.2, 0) is 6.54 Å². The summed E-state index contributed by atoms with van der Waals surface area (Å²) in [6, 6.07) is 15.1. The SMILES string of the molecule is COc1ccc(OC)c(NC(=O)c2cccc(C(=O)NCc3ccco3)c2)c1. The van der Waals surface area contributed by atoms with Gasteiger partial charge in [0.1, 0.15) is 17.3 Å². The van der Waals surface area contributed by atoms with Gasteiger partial charge in [-0.05, 0) is 42.5 Å². The van der Waals surface area contributed by atoms with Crippen molar-refractivity contribution in [1.82, 2.24) is 5.32 Å². The smallest absolute Gasteiger partial charge is 0.255 e. The first-order valence-electron chi connectivity index (χ1n) is 8.54. The van der Waals surface area contributed by atoms with Gasteiger partial charge in [-0.1, -0.05) is 6.07 Å². The topological polar surface area (TPSA) is 89.8 Å². The van der Waals surface area contributed by atoms with Gasteiger partial charge in [0.25, 0.3) is 11.8 Å². The van der Waals surface area contributed by atoms with Gasteiger partial charge < -0.3 is 24.5 Å². The van der Waals surface area contributed by atoms with Crippen molar-refractivity contribution < 1.29 is 23.5 Å². The largest absolute Gasteiger partial charge is 0.497 e. The highest BCUT2D eigenvalue weighted by Crippen LogP contribution is 2.29. The molecular formula is C21H20N2O5. The second-order valence-corrected chi connectivity index (χ2v) is 5.86. The van der Waals surface area contributed by atoms with Gasteiger partial charge >= 0.3 is 0 Å². The maximum atomic E-state index is 12.6. The van der Waals surface area contributed by atoms with Gasteiger partial charge in [-0.2, -0.15) is 0 Å². The van der Waals surface area contributed by atoms with Crippen molar-refractivity contribution in [3.63, 3.8) is 0 Å². The van der Waals surface area contributed by atoms with Crippen molar-refractivity contribution >= 4 is 17.5 Å². The Bertz CT molecular complexity index is 967. The van der Waals surface area contributed by atoms with Crippen molar-refractivity contribution in [2.45, 2.75) is 6.54 Å². The quantitative estimate of drug-likeness (QED) is 0.655. The van der Waals surface area contributed by atoms with Crippen LogP contribution in [0.2, 0.25) is 0 Å². The number of carbonyl (C=O) groups excluding carboxylic acids is 2. The van der Waals surface area contributed by atoms with E-state index in [0.29, 0.717) is 34.1 Å². The summed E-state index contributed by atoms with van der Waals surface area (Å²) in [4.78, 5) is 25.0. The molecule has 7 nitrogen and oxygen atoms in total. The number of ether oxygens (including phenoxy) is 2. The molecule has 0 saturated heterocycles. The lowest BCUT2D eigenvalue weighted by atomic mass is 10.1. The minimum atomic E-state index is -0.368. The zero-order valence-corrected chi connectivity index (χ0v) is 15.5. The Hall–Kier alpha value is -3.74. The third kappa shape index (κ3) is 4.50. The van der Waals surface area contributed by atoms with Crippen LogP contribution in [0.15, 0.2) is 65.3 Å². The lowest BCUT2D eigenvalue weighted by Crippen LogP contribution is -2.23. The lowest BCUT2D eigenvalue weighted by Gasteiger charge is -2.12. The van der Waals surface area contributed by atoms with Crippen molar-refractivity contribution in [3.05, 3.63) is 77.7 Å². The molecule has 3 rings (SSSR count). The van der Waals surface area contributed by atoms with Crippen LogP contribution in [0.25, 0.3) is 0 Å². The predicted octanol–water partition coefficient (Wildman–Crippen LogP) is 3.48. The van der Waals surface area contributed by atoms with E-state index in [2.05, 4.69) is 10.6 Å². The van der Waals surface area contributed by atoms with Crippen LogP contribution in [0.3, 0.4) is 0 Å². The number of hydrogen-bond acceptors (Lipinski definition) is 5. The fourth-order valence-electron chi connectivity index (χ4n) is 2.59. The molecule has 0 unspecified atom stereocenters. The van der Waals surface area contributed by atoms with Crippen LogP contribution in [-0.4, -0.2) is 26.0 Å². The molecule has 3 aromatic rings. The van der Waals surface area contributed by atoms with Gasteiger partial charge in [0, 0.05) is 17.2 Å². The van der Waals surface area contributed by atoms with E-state index >= 15 is 0 Å². The highest BCUT2D eigenvalue weighted by Gasteiger charge is 2.13. The zero-order valence-electron chi connectivity index (χ0n) is 15.5. The Labute approximate surface area is 162 Å². The highest BCUT2D eigenvalue weighted by molar-refractivity contribution is 6.06. The van der Waals surface area contributed by atoms with Gasteiger partial charge in [0.2, 0.25) is 0 Å². The molecule has 0 aliphatic rings. The Morgan fingerprint density at radius 1 is 0.929 bits per heavy atom. The van der Waals surface area contributed by atoms with E-state index < -0.39 is 0 Å². The molecule has 0 bridgehead atoms. The van der Waals surface area contributed by atoms with E-state index in [1.165, 1.54) is 20.3 Å². The molecule has 2 amide bonds. The summed E-state index contributed by atoms with van der Waals surface area (Å²) in [6.45, 7) is 0.267. The molecule has 2 aromatic carbocycles. The molecule has 0 atom stereocenters. The van der Waals surface area contributed by atoms with Crippen LogP contribution in [0.1, 0.15) is 26.5 Å². The van der Waals surface area contributed by atoms with Crippen LogP contribution in [0.5, 0.6) is 11.5 Å². The second kappa shape index (κ2) is 8.77. The summed E-state index contributed by atoms with van der Waals surface area (Å²) >= 11 is 0. The number of methoxy groups -OCH3 is 2. The molecule has 2 N–H and O–H groups in total. The Morgan fingerprint density at radius 2 is 1.71 bits per heavy atom. The molecule has 0 fully saturated rings. The summed E-state index contributed by atoms with van der Waals surface area (Å²) < 4.78 is 15.6. The monoisotopic (exact) mass is 380 g/mol. The number of anilines is 1. The number of amides is 2. The van der Waals surface area contributed by atoms with Crippen molar-refractivity contribution in [1.29, 1.82) is 0 Å². The fourth-order valence-corrected chi connectivity index (χ4v) is 2.59. The van der Waals surface area contributed by atoms with E-state index in [1.807, 2.05) is 0 Å². The number of hydrogen-bond donors (Lipinski definition) is 2. The third-order valence-corrected chi connectivity index (χ3v) is 4.05. The molecule has 144 valence electrons. The highest BCUT2D eigenvalue weighted by atomic mass is 16.5. The first kappa shape index (κ1) is 19.0. The van der Waals surface area contributed by atoms with Gasteiger partial charge in [-0.15, -0.1) is 0 Å². The molecule has 0 radical (unpaired) electrons. The predicted molar refractivity (Wildman–Crippen MR) is 104 cm³/mol. The van der Waals surface area contributed by atoms with Crippen LogP contribution in [0, 0.1) is 0 Å². The van der Waals surface area contributed by atoms with Crippen LogP contribution >= 0.6 is 0 Å². The van der Waals surface area contributed by atoms with Crippen molar-refractivity contribution in [2.75, 3.05) is 19.5 Å². The standard InChI is InChI=1S/C21H20N2O5/c1-26-16-8-9-19(27-2)18(12-16)23-21(25)15-6-3-5-14(11-15)20(24)22-13-17-7-4-10-28-17/h3-12H,13H2,1-2H3,(H,22,24)(H,23,25). The summed E-state index contributed by atoms with van der Waals surface area (Å²) in [7, 11) is 3.06. The zero-order chi connectivity index (χ0) is 19.9. The third-order valence-electron chi connectivity index (χ3n) is 4.05. The Morgan fingerprint density at radius 3 is 2.39 bits per heavy atom. The molecule has 1 aromatic heterocycles. The van der Waals surface area contributed by atoms with E-state index in [-0.39, 0.29) is 18.4 Å². The molecule has 1 heterocycles. The van der Waals surface area contributed by atoms with Crippen molar-refractivity contribution in [3.8, 4) is 11.5 Å². The minimum Gasteiger partial charge on any atom is -0.497 e. The normalized spacial score (nSPS) is 10.2. The average Bonchev–Trinajstić information content (AvgIpc) is 3.25. The summed E-state index contributed by atoms with van der Waals surface area (Å²) in [6.07, 6.45) is 1.54. The first-order chi connectivity index (χ1) is 13.6. The average molecular weight is 380 g/mol. The number of furan rings is 1. The van der Waals surface area contributed by atoms with Crippen LogP contribution in [0.4, 0.5) is 5.69 Å². The Balaban J connectivity index is 1.72. The van der Waals surface area contributed by atoms with E-state index in [4.69, 9.17) is 13.9 Å². The lowest BCUT2D eigenvalue weighted by molar-refractivity contribution is 0.0948. The number of benzene rings is 2. The summed E-state index contributed by atoms with van der Waals surface area (Å²) in [5, 5.41) is 5.53. The van der Waals surface area contributed by atoms with E-state index in [1.54, 1.807) is 54.8 Å². The number of rotatable bonds is 7. The molecule has 0 spiro atoms. The number of nitrogens with one attached hydrogen (secondary N) is 2. The Kier molecular flexibility index (Phi) is 5.96. The molecular weight excluding hydrogens is 360 g/mol. The number of carbonyl (C=O) groups is 2. The maximum Gasteiger partial charge on any atom is 0.255 e. The van der Waals surface area contributed by atoms with Gasteiger partial charge in [-0.3, -0.25) is 9.59 Å². The van der Waals surface area contributed by atoms with Gasteiger partial charge in [0.05, 0.1) is 32.7 Å². The van der Waals surface area contributed by atoms with Gasteiger partial charge in [-0.25, -0.2) is 0 Å². The maximum absolute atomic E-state index is 12.6. The minimum absolute atomic E-state index is 0.267. The fraction of sp³-hybridized carbons (Fsp3) is 0.143. The molecule has 0 aliphatic carbocycles. The van der Waals surface area contributed by atoms with E-state index in [9.17, 15) is 9.59 Å². The molecule has 0 saturated carbocycles. The summed E-state index contributed by atoms with van der Waals surface area (Å²) in [5.41, 5.74) is 1.19. The van der Waals surface area contributed by atoms with Crippen LogP contribution < -0.4 is 20.1 Å². The molecule has 28 heavy (non-hydrogen) atoms. The molecule has 7 heteroatoms. The van der Waals surface area contributed by atoms with Crippen molar-refractivity contribution in [2.24, 2.45) is 0 Å². The summed E-state index contributed by atoms with van der Waals surface area (Å²) in [5.74, 6) is 1.06. The second-order valence-electron chi connectivity index (χ2n) is 5.86.